The number of anilines is 1. The summed E-state index contributed by atoms with van der Waals surface area (Å²) < 4.78 is 52.6. The summed E-state index contributed by atoms with van der Waals surface area (Å²) in [5.41, 5.74) is -1.32. The van der Waals surface area contributed by atoms with E-state index in [1.165, 1.54) is 25.3 Å². The first kappa shape index (κ1) is 22.8. The molecule has 0 N–H and O–H groups in total. The van der Waals surface area contributed by atoms with Gasteiger partial charge in [-0.15, -0.1) is 0 Å². The van der Waals surface area contributed by atoms with Crippen molar-refractivity contribution in [2.45, 2.75) is 12.6 Å². The van der Waals surface area contributed by atoms with E-state index in [-0.39, 0.29) is 17.6 Å². The monoisotopic (exact) mass is 497 g/mol. The van der Waals surface area contributed by atoms with Gasteiger partial charge in [0, 0.05) is 5.56 Å². The average molecular weight is 497 g/mol. The number of hydrogen-bond donors (Lipinski definition) is 0. The van der Waals surface area contributed by atoms with Crippen LogP contribution in [0.5, 0.6) is 11.5 Å². The molecule has 0 radical (unpaired) electrons. The second kappa shape index (κ2) is 7.94. The maximum absolute atomic E-state index is 14.1. The van der Waals surface area contributed by atoms with Crippen molar-refractivity contribution in [3.05, 3.63) is 65.7 Å². The largest absolute Gasteiger partial charge is 0.497 e. The highest BCUT2D eigenvalue weighted by Crippen LogP contribution is 2.65. The van der Waals surface area contributed by atoms with Crippen LogP contribution in [0.1, 0.15) is 22.3 Å². The van der Waals surface area contributed by atoms with Gasteiger partial charge in [0.25, 0.3) is 0 Å². The van der Waals surface area contributed by atoms with Crippen molar-refractivity contribution >= 4 is 23.3 Å². The summed E-state index contributed by atoms with van der Waals surface area (Å²) in [5.74, 6) is -1.88. The third-order valence-corrected chi connectivity index (χ3v) is 7.96. The zero-order valence-corrected chi connectivity index (χ0v) is 19.2. The highest BCUT2D eigenvalue weighted by molar-refractivity contribution is 6.23. The van der Waals surface area contributed by atoms with E-state index in [1.807, 2.05) is 12.2 Å². The molecule has 2 aromatic rings. The molecule has 6 nitrogen and oxygen atoms in total. The number of rotatable bonds is 6. The maximum Gasteiger partial charge on any atom is 0.418 e. The molecule has 9 heteroatoms. The number of allylic oxidation sites excluding steroid dienone is 2. The highest BCUT2D eigenvalue weighted by Gasteiger charge is 2.67. The van der Waals surface area contributed by atoms with E-state index in [0.29, 0.717) is 23.1 Å². The normalized spacial score (nSPS) is 29.7. The lowest BCUT2D eigenvalue weighted by molar-refractivity contribution is -0.137. The van der Waals surface area contributed by atoms with Gasteiger partial charge in [-0.2, -0.15) is 13.2 Å². The number of imide groups is 1. The van der Waals surface area contributed by atoms with Gasteiger partial charge < -0.3 is 9.47 Å². The van der Waals surface area contributed by atoms with Crippen LogP contribution >= 0.6 is 0 Å². The summed E-state index contributed by atoms with van der Waals surface area (Å²) in [6.45, 7) is -0.480. The lowest BCUT2D eigenvalue weighted by Crippen LogP contribution is -2.40. The van der Waals surface area contributed by atoms with Crippen molar-refractivity contribution in [2.75, 3.05) is 18.6 Å². The maximum atomic E-state index is 14.1. The second-order valence-corrected chi connectivity index (χ2v) is 9.78. The molecule has 5 aliphatic rings. The summed E-state index contributed by atoms with van der Waals surface area (Å²) in [6.07, 6.45) is 0.0552. The molecule has 3 fully saturated rings. The number of carbonyl (C=O) groups excluding carboxylic acids is 3. The Kier molecular flexibility index (Phi) is 5.04. The standard InChI is InChI=1S/C27H22F3NO5/c1-35-14-4-2-13(3-5-14)22(32)12-36-15-6-9-21(20(10-15)27(28,29)30)31-25(33)23-16-7-8-17(19-11-18(16)19)24(23)26(31)34/h2-10,16-19,23-24H,11-12H2,1H3/t16-,17+,18+,19-,23-,24+. The number of Topliss-reactive ketones (excluding diaryl/α,β-unsaturated/α-hetero) is 1. The predicted molar refractivity (Wildman–Crippen MR) is 121 cm³/mol. The first-order valence-corrected chi connectivity index (χ1v) is 11.8. The van der Waals surface area contributed by atoms with Crippen LogP contribution in [0.2, 0.25) is 0 Å². The Hall–Kier alpha value is -3.62. The van der Waals surface area contributed by atoms with Crippen LogP contribution in [-0.2, 0) is 15.8 Å². The number of benzene rings is 2. The van der Waals surface area contributed by atoms with Gasteiger partial charge in [0.1, 0.15) is 11.5 Å². The smallest absolute Gasteiger partial charge is 0.418 e. The summed E-state index contributed by atoms with van der Waals surface area (Å²) >= 11 is 0. The average Bonchev–Trinajstić information content (AvgIpc) is 3.65. The fraction of sp³-hybridized carbons (Fsp3) is 0.370. The summed E-state index contributed by atoms with van der Waals surface area (Å²) in [7, 11) is 1.49. The Labute approximate surface area is 204 Å². The molecule has 1 saturated heterocycles. The van der Waals surface area contributed by atoms with Gasteiger partial charge >= 0.3 is 6.18 Å². The van der Waals surface area contributed by atoms with E-state index < -0.39 is 53.5 Å². The van der Waals surface area contributed by atoms with Crippen molar-refractivity contribution in [2.24, 2.45) is 35.5 Å². The molecule has 0 spiro atoms. The van der Waals surface area contributed by atoms with Crippen LogP contribution < -0.4 is 14.4 Å². The number of halogens is 3. The van der Waals surface area contributed by atoms with Gasteiger partial charge in [-0.05, 0) is 72.6 Å². The molecule has 2 aromatic carbocycles. The number of hydrogen-bond acceptors (Lipinski definition) is 5. The molecule has 7 rings (SSSR count). The highest BCUT2D eigenvalue weighted by atomic mass is 19.4. The Bertz CT molecular complexity index is 1270. The Balaban J connectivity index is 1.26. The molecule has 0 unspecified atom stereocenters. The third kappa shape index (κ3) is 3.43. The van der Waals surface area contributed by atoms with Gasteiger partial charge in [-0.25, -0.2) is 4.90 Å². The van der Waals surface area contributed by atoms with E-state index >= 15 is 0 Å². The minimum atomic E-state index is -4.84. The van der Waals surface area contributed by atoms with Crippen LogP contribution in [0, 0.1) is 35.5 Å². The van der Waals surface area contributed by atoms with E-state index in [9.17, 15) is 27.6 Å². The number of nitrogens with zero attached hydrogens (tertiary/aromatic N) is 1. The van der Waals surface area contributed by atoms with E-state index in [0.717, 1.165) is 23.5 Å². The van der Waals surface area contributed by atoms with Gasteiger partial charge in [0.2, 0.25) is 11.8 Å². The number of carbonyl (C=O) groups is 3. The molecule has 1 heterocycles. The van der Waals surface area contributed by atoms with Crippen LogP contribution in [0.25, 0.3) is 0 Å². The van der Waals surface area contributed by atoms with Crippen LogP contribution in [0.15, 0.2) is 54.6 Å². The van der Waals surface area contributed by atoms with Crippen LogP contribution in [0.4, 0.5) is 18.9 Å². The van der Waals surface area contributed by atoms with Crippen molar-refractivity contribution in [1.82, 2.24) is 0 Å². The quantitative estimate of drug-likeness (QED) is 0.333. The first-order chi connectivity index (χ1) is 17.2. The van der Waals surface area contributed by atoms with E-state index in [2.05, 4.69) is 0 Å². The number of alkyl halides is 3. The Morgan fingerprint density at radius 2 is 1.53 bits per heavy atom. The first-order valence-electron chi connectivity index (χ1n) is 11.8. The fourth-order valence-electron chi connectivity index (χ4n) is 6.23. The van der Waals surface area contributed by atoms with Crippen molar-refractivity contribution in [1.29, 1.82) is 0 Å². The summed E-state index contributed by atoms with van der Waals surface area (Å²) in [6, 6.07) is 9.32. The van der Waals surface area contributed by atoms with Crippen LogP contribution in [0.3, 0.4) is 0 Å². The van der Waals surface area contributed by atoms with E-state index in [1.54, 1.807) is 12.1 Å². The lowest BCUT2D eigenvalue weighted by Gasteiger charge is -2.37. The topological polar surface area (TPSA) is 72.9 Å². The molecule has 2 bridgehead atoms. The molecule has 36 heavy (non-hydrogen) atoms. The van der Waals surface area contributed by atoms with Crippen LogP contribution in [-0.4, -0.2) is 31.3 Å². The summed E-state index contributed by atoms with van der Waals surface area (Å²) in [5, 5.41) is 0. The Morgan fingerprint density at radius 1 is 0.944 bits per heavy atom. The van der Waals surface area contributed by atoms with Gasteiger partial charge in [0.05, 0.1) is 30.2 Å². The number of amides is 2. The molecule has 1 aliphatic heterocycles. The van der Waals surface area contributed by atoms with Crippen molar-refractivity contribution < 1.29 is 37.0 Å². The molecule has 2 saturated carbocycles. The van der Waals surface area contributed by atoms with E-state index in [4.69, 9.17) is 9.47 Å². The fourth-order valence-corrected chi connectivity index (χ4v) is 6.23. The lowest BCUT2D eigenvalue weighted by atomic mass is 9.63. The minimum Gasteiger partial charge on any atom is -0.497 e. The third-order valence-electron chi connectivity index (χ3n) is 7.96. The predicted octanol–water partition coefficient (Wildman–Crippen LogP) is 4.53. The molecule has 2 amide bonds. The molecule has 0 aromatic heterocycles. The van der Waals surface area contributed by atoms with Crippen molar-refractivity contribution in [3.63, 3.8) is 0 Å². The van der Waals surface area contributed by atoms with Gasteiger partial charge in [-0.1, -0.05) is 12.2 Å². The van der Waals surface area contributed by atoms with Crippen molar-refractivity contribution in [3.8, 4) is 11.5 Å². The zero-order chi connectivity index (χ0) is 25.4. The molecule has 6 atom stereocenters. The van der Waals surface area contributed by atoms with Gasteiger partial charge in [0.15, 0.2) is 12.4 Å². The molecular formula is C27H22F3NO5. The second-order valence-electron chi connectivity index (χ2n) is 9.78. The Morgan fingerprint density at radius 3 is 2.08 bits per heavy atom. The molecular weight excluding hydrogens is 475 g/mol. The number of methoxy groups -OCH3 is 1. The number of ketones is 1. The summed E-state index contributed by atoms with van der Waals surface area (Å²) in [4.78, 5) is 39.7. The molecule has 4 aliphatic carbocycles. The zero-order valence-electron chi connectivity index (χ0n) is 19.2. The molecule has 186 valence electrons. The minimum absolute atomic E-state index is 0.0904. The number of ether oxygens (including phenoxy) is 2. The SMILES string of the molecule is COc1ccc(C(=O)COc2ccc(N3C(=O)[C@@H]4[C@@H]5C=C[C@@H]([C@H]6C[C@@H]56)[C@@H]4C3=O)c(C(F)(F)F)c2)cc1. The van der Waals surface area contributed by atoms with Gasteiger partial charge in [-0.3, -0.25) is 14.4 Å².